The van der Waals surface area contributed by atoms with Gasteiger partial charge in [0, 0.05) is 18.1 Å². The van der Waals surface area contributed by atoms with E-state index < -0.39 is 10.0 Å². The number of hydrogen-bond donors (Lipinski definition) is 1. The fraction of sp³-hybridized carbons (Fsp3) is 0.100. The van der Waals surface area contributed by atoms with E-state index in [1.54, 1.807) is 13.0 Å². The van der Waals surface area contributed by atoms with Crippen LogP contribution in [0.1, 0.15) is 5.69 Å². The van der Waals surface area contributed by atoms with Crippen molar-refractivity contribution >= 4 is 15.8 Å². The van der Waals surface area contributed by atoms with Gasteiger partial charge < -0.3 is 0 Å². The van der Waals surface area contributed by atoms with Crippen molar-refractivity contribution in [3.05, 3.63) is 42.6 Å². The van der Waals surface area contributed by atoms with Crippen molar-refractivity contribution in [1.82, 2.24) is 15.0 Å². The number of sulfonamides is 1. The fourth-order valence-electron chi connectivity index (χ4n) is 1.16. The van der Waals surface area contributed by atoms with Crippen LogP contribution in [0.15, 0.2) is 41.8 Å². The Kier molecular flexibility index (Phi) is 3.01. The molecule has 0 aliphatic carbocycles. The van der Waals surface area contributed by atoms with Crippen LogP contribution in [0.5, 0.6) is 0 Å². The van der Waals surface area contributed by atoms with E-state index in [0.717, 1.165) is 5.69 Å². The van der Waals surface area contributed by atoms with Gasteiger partial charge in [0.15, 0.2) is 0 Å². The molecule has 2 aromatic heterocycles. The van der Waals surface area contributed by atoms with Crippen LogP contribution in [-0.2, 0) is 10.0 Å². The van der Waals surface area contributed by atoms with Crippen molar-refractivity contribution in [1.29, 1.82) is 0 Å². The molecule has 0 atom stereocenters. The molecule has 7 heteroatoms. The van der Waals surface area contributed by atoms with Crippen LogP contribution in [-0.4, -0.2) is 23.4 Å². The molecule has 0 saturated carbocycles. The summed E-state index contributed by atoms with van der Waals surface area (Å²) in [5.74, 6) is 0.223. The predicted octanol–water partition coefficient (Wildman–Crippen LogP) is 0.981. The van der Waals surface area contributed by atoms with Gasteiger partial charge in [0.1, 0.15) is 17.0 Å². The van der Waals surface area contributed by atoms with E-state index in [2.05, 4.69) is 19.7 Å². The highest BCUT2D eigenvalue weighted by Crippen LogP contribution is 2.12. The lowest BCUT2D eigenvalue weighted by Gasteiger charge is -2.06. The van der Waals surface area contributed by atoms with Crippen LogP contribution >= 0.6 is 0 Å². The largest absolute Gasteiger partial charge is 0.264 e. The Morgan fingerprint density at radius 1 is 1.18 bits per heavy atom. The summed E-state index contributed by atoms with van der Waals surface area (Å²) >= 11 is 0. The maximum atomic E-state index is 11.9. The van der Waals surface area contributed by atoms with Crippen molar-refractivity contribution in [2.75, 3.05) is 4.72 Å². The van der Waals surface area contributed by atoms with E-state index in [-0.39, 0.29) is 10.7 Å². The summed E-state index contributed by atoms with van der Waals surface area (Å²) in [6.07, 6.45) is 4.03. The minimum absolute atomic E-state index is 0.0988. The van der Waals surface area contributed by atoms with Gasteiger partial charge in [0.05, 0.1) is 0 Å². The minimum Gasteiger partial charge on any atom is -0.263 e. The first-order valence-electron chi connectivity index (χ1n) is 4.79. The predicted molar refractivity (Wildman–Crippen MR) is 61.8 cm³/mol. The second-order valence-corrected chi connectivity index (χ2v) is 5.02. The van der Waals surface area contributed by atoms with Gasteiger partial charge in [-0.15, -0.1) is 0 Å². The summed E-state index contributed by atoms with van der Waals surface area (Å²) in [4.78, 5) is 11.5. The van der Waals surface area contributed by atoms with Crippen LogP contribution in [0, 0.1) is 6.92 Å². The van der Waals surface area contributed by atoms with Gasteiger partial charge in [0.2, 0.25) is 0 Å². The average molecular weight is 250 g/mol. The molecule has 6 nitrogen and oxygen atoms in total. The molecule has 0 amide bonds. The van der Waals surface area contributed by atoms with Crippen LogP contribution in [0.4, 0.5) is 5.82 Å². The lowest BCUT2D eigenvalue weighted by Crippen LogP contribution is -2.14. The van der Waals surface area contributed by atoms with E-state index in [0.29, 0.717) is 0 Å². The number of nitrogens with one attached hydrogen (secondary N) is 1. The number of pyridine rings is 1. The highest BCUT2D eigenvalue weighted by molar-refractivity contribution is 7.92. The molecule has 17 heavy (non-hydrogen) atoms. The topological polar surface area (TPSA) is 84.8 Å². The monoisotopic (exact) mass is 250 g/mol. The Labute approximate surface area is 98.8 Å². The summed E-state index contributed by atoms with van der Waals surface area (Å²) in [7, 11) is -3.63. The molecule has 2 rings (SSSR count). The summed E-state index contributed by atoms with van der Waals surface area (Å²) in [6.45, 7) is 1.79. The second-order valence-electron chi connectivity index (χ2n) is 3.34. The van der Waals surface area contributed by atoms with Crippen molar-refractivity contribution in [3.8, 4) is 0 Å². The Hall–Kier alpha value is -2.02. The van der Waals surface area contributed by atoms with E-state index in [9.17, 15) is 8.42 Å². The zero-order valence-electron chi connectivity index (χ0n) is 9.03. The number of aryl methyl sites for hydroxylation is 1. The molecule has 0 spiro atoms. The molecular weight excluding hydrogens is 240 g/mol. The van der Waals surface area contributed by atoms with Crippen LogP contribution in [0.2, 0.25) is 0 Å². The van der Waals surface area contributed by atoms with Crippen molar-refractivity contribution in [2.24, 2.45) is 0 Å². The normalized spacial score (nSPS) is 11.1. The van der Waals surface area contributed by atoms with Crippen molar-refractivity contribution in [2.45, 2.75) is 11.8 Å². The fourth-order valence-corrected chi connectivity index (χ4v) is 2.11. The van der Waals surface area contributed by atoms with Gasteiger partial charge in [-0.05, 0) is 25.1 Å². The first-order valence-corrected chi connectivity index (χ1v) is 6.28. The molecule has 0 bridgehead atoms. The molecule has 0 aliphatic heterocycles. The standard InChI is InChI=1S/C10H10N4O2S/c1-8-2-3-9(6-12-8)17(15,16)14-10-4-5-11-7-13-10/h2-7H,1H3,(H,11,13,14). The SMILES string of the molecule is Cc1ccc(S(=O)(=O)Nc2ccncn2)cn1. The van der Waals surface area contributed by atoms with Crippen LogP contribution in [0.25, 0.3) is 0 Å². The molecule has 0 unspecified atom stereocenters. The number of nitrogens with zero attached hydrogens (tertiary/aromatic N) is 3. The Morgan fingerprint density at radius 2 is 2.00 bits per heavy atom. The molecule has 1 N–H and O–H groups in total. The number of rotatable bonds is 3. The molecule has 0 saturated heterocycles. The highest BCUT2D eigenvalue weighted by atomic mass is 32.2. The van der Waals surface area contributed by atoms with Crippen LogP contribution in [0.3, 0.4) is 0 Å². The number of aromatic nitrogens is 3. The Morgan fingerprint density at radius 3 is 2.59 bits per heavy atom. The van der Waals surface area contributed by atoms with E-state index in [4.69, 9.17) is 0 Å². The minimum atomic E-state index is -3.63. The summed E-state index contributed by atoms with van der Waals surface area (Å²) in [5, 5.41) is 0. The third kappa shape index (κ3) is 2.76. The number of anilines is 1. The number of hydrogen-bond acceptors (Lipinski definition) is 5. The molecule has 0 aromatic carbocycles. The van der Waals surface area contributed by atoms with Crippen LogP contribution < -0.4 is 4.72 Å². The Bertz CT molecular complexity index is 596. The smallest absolute Gasteiger partial charge is 0.263 e. The first kappa shape index (κ1) is 11.5. The van der Waals surface area contributed by atoms with Gasteiger partial charge in [-0.3, -0.25) is 9.71 Å². The van der Waals surface area contributed by atoms with E-state index in [1.165, 1.54) is 30.9 Å². The zero-order chi connectivity index (χ0) is 12.3. The lowest BCUT2D eigenvalue weighted by atomic mass is 10.4. The molecule has 88 valence electrons. The van der Waals surface area contributed by atoms with Crippen molar-refractivity contribution < 1.29 is 8.42 Å². The molecule has 2 heterocycles. The summed E-state index contributed by atoms with van der Waals surface area (Å²) in [5.41, 5.74) is 0.756. The van der Waals surface area contributed by atoms with Crippen molar-refractivity contribution in [3.63, 3.8) is 0 Å². The summed E-state index contributed by atoms with van der Waals surface area (Å²) < 4.78 is 26.1. The van der Waals surface area contributed by atoms with Gasteiger partial charge in [-0.2, -0.15) is 0 Å². The average Bonchev–Trinajstić information content (AvgIpc) is 2.30. The van der Waals surface area contributed by atoms with Gasteiger partial charge in [0.25, 0.3) is 10.0 Å². The summed E-state index contributed by atoms with van der Waals surface area (Å²) in [6, 6.07) is 4.60. The third-order valence-electron chi connectivity index (χ3n) is 2.02. The Balaban J connectivity index is 2.29. The molecular formula is C10H10N4O2S. The maximum Gasteiger partial charge on any atom is 0.264 e. The van der Waals surface area contributed by atoms with Gasteiger partial charge in [-0.1, -0.05) is 0 Å². The maximum absolute atomic E-state index is 11.9. The first-order chi connectivity index (χ1) is 8.08. The van der Waals surface area contributed by atoms with Gasteiger partial charge >= 0.3 is 0 Å². The lowest BCUT2D eigenvalue weighted by molar-refractivity contribution is 0.600. The molecule has 0 fully saturated rings. The third-order valence-corrected chi connectivity index (χ3v) is 3.36. The van der Waals surface area contributed by atoms with E-state index >= 15 is 0 Å². The second kappa shape index (κ2) is 4.46. The molecule has 2 aromatic rings. The quantitative estimate of drug-likeness (QED) is 0.877. The highest BCUT2D eigenvalue weighted by Gasteiger charge is 2.14. The molecule has 0 radical (unpaired) electrons. The zero-order valence-corrected chi connectivity index (χ0v) is 9.85. The van der Waals surface area contributed by atoms with Gasteiger partial charge in [-0.25, -0.2) is 18.4 Å². The van der Waals surface area contributed by atoms with E-state index in [1.807, 2.05) is 0 Å². The molecule has 0 aliphatic rings.